The van der Waals surface area contributed by atoms with Crippen LogP contribution >= 0.6 is 0 Å². The van der Waals surface area contributed by atoms with Gasteiger partial charge in [-0.3, -0.25) is 0 Å². The van der Waals surface area contributed by atoms with Gasteiger partial charge in [0.25, 0.3) is 0 Å². The molecular weight excluding hydrogens is 819 g/mol. The van der Waals surface area contributed by atoms with E-state index in [4.69, 9.17) is 19.4 Å². The number of para-hydroxylation sites is 1. The van der Waals surface area contributed by atoms with E-state index >= 15 is 0 Å². The molecule has 248 valence electrons. The van der Waals surface area contributed by atoms with Crippen molar-refractivity contribution < 1.29 is 50.3 Å². The third-order valence-electron chi connectivity index (χ3n) is 8.07. The van der Waals surface area contributed by atoms with Crippen LogP contribution in [0.3, 0.4) is 0 Å². The van der Waals surface area contributed by atoms with Crippen LogP contribution < -0.4 is 9.47 Å². The molecule has 51 heavy (non-hydrogen) atoms. The maximum Gasteiger partial charge on any atom is 2.00 e. The molecule has 0 saturated carbocycles. The molecule has 4 heterocycles. The van der Waals surface area contributed by atoms with Gasteiger partial charge in [0, 0.05) is 47.0 Å². The molecule has 0 radical (unpaired) electrons. The fraction of sp³-hybridized carbons (Fsp3) is 0. The standard InChI is InChI=1S/C42H23N5O2.2Pd/c1-2-16-39-30(9-1)27-45-42(46-39)47-40-25-33(48-31-12-7-10-28(23-31)37-14-3-5-21-43-37)17-19-35(40)36-20-18-34(26-41(36)47)49-32-13-8-11-29(24-32)38-15-4-6-22-44-38;;/h1-22,27H;;/q-4;2*+2. The Bertz CT molecular complexity index is 2490. The molecule has 0 amide bonds. The third kappa shape index (κ3) is 6.82. The zero-order valence-corrected chi connectivity index (χ0v) is 29.6. The van der Waals surface area contributed by atoms with Crippen LogP contribution in [0.2, 0.25) is 0 Å². The number of pyridine rings is 2. The molecule has 4 aromatic heterocycles. The summed E-state index contributed by atoms with van der Waals surface area (Å²) in [4.78, 5) is 18.6. The SMILES string of the molecule is [Pd+2].[Pd+2].[c-]1c(Oc2[c-]c3c(cc2)c2ccc(Oc4[c-]c(-c5ccccn5)ccc4)[c-]c2n3-c2ncc3ccccc3n2)cccc1-c1ccccn1. The first kappa shape index (κ1) is 33.9. The van der Waals surface area contributed by atoms with E-state index in [0.717, 1.165) is 55.2 Å². The van der Waals surface area contributed by atoms with E-state index in [1.165, 1.54) is 0 Å². The largest absolute Gasteiger partial charge is 2.00 e. The van der Waals surface area contributed by atoms with Crippen LogP contribution in [0, 0.1) is 24.3 Å². The van der Waals surface area contributed by atoms with E-state index in [1.807, 2.05) is 132 Å². The van der Waals surface area contributed by atoms with Gasteiger partial charge >= 0.3 is 40.8 Å². The van der Waals surface area contributed by atoms with E-state index in [-0.39, 0.29) is 40.8 Å². The molecule has 0 atom stereocenters. The maximum atomic E-state index is 6.32. The van der Waals surface area contributed by atoms with Crippen LogP contribution in [0.4, 0.5) is 0 Å². The number of aromatic nitrogens is 5. The topological polar surface area (TPSA) is 75.0 Å². The van der Waals surface area contributed by atoms with E-state index in [0.29, 0.717) is 28.9 Å². The van der Waals surface area contributed by atoms with Crippen molar-refractivity contribution in [1.82, 2.24) is 24.5 Å². The number of benzene rings is 5. The molecule has 0 N–H and O–H groups in total. The predicted molar refractivity (Wildman–Crippen MR) is 189 cm³/mol. The second kappa shape index (κ2) is 14.8. The molecule has 0 fully saturated rings. The molecule has 0 spiro atoms. The molecule has 5 aromatic carbocycles. The molecule has 0 saturated heterocycles. The van der Waals surface area contributed by atoms with E-state index < -0.39 is 0 Å². The van der Waals surface area contributed by atoms with E-state index in [9.17, 15) is 0 Å². The molecule has 9 aromatic rings. The Balaban J connectivity index is 0.00000203. The summed E-state index contributed by atoms with van der Waals surface area (Å²) in [5, 5.41) is 2.83. The Morgan fingerprint density at radius 1 is 0.471 bits per heavy atom. The maximum absolute atomic E-state index is 6.32. The molecule has 0 bridgehead atoms. The minimum Gasteiger partial charge on any atom is -0.503 e. The normalized spacial score (nSPS) is 10.8. The minimum atomic E-state index is 0. The molecule has 0 aliphatic heterocycles. The van der Waals surface area contributed by atoms with Crippen LogP contribution in [0.1, 0.15) is 0 Å². The van der Waals surface area contributed by atoms with Crippen molar-refractivity contribution in [3.05, 3.63) is 164 Å². The van der Waals surface area contributed by atoms with Crippen LogP contribution in [0.25, 0.3) is 61.2 Å². The van der Waals surface area contributed by atoms with Crippen molar-refractivity contribution in [2.24, 2.45) is 0 Å². The van der Waals surface area contributed by atoms with Crippen molar-refractivity contribution >= 4 is 32.7 Å². The van der Waals surface area contributed by atoms with E-state index in [2.05, 4.69) is 34.2 Å². The molecular formula is C42H23N5O2Pd2. The Labute approximate surface area is 321 Å². The van der Waals surface area contributed by atoms with Gasteiger partial charge in [0.05, 0.1) is 5.52 Å². The van der Waals surface area contributed by atoms with Crippen molar-refractivity contribution in [3.8, 4) is 51.5 Å². The van der Waals surface area contributed by atoms with Crippen LogP contribution in [0.5, 0.6) is 23.0 Å². The first-order valence-corrected chi connectivity index (χ1v) is 15.6. The second-order valence-corrected chi connectivity index (χ2v) is 11.2. The Kier molecular flexibility index (Phi) is 9.82. The number of fused-ring (bicyclic) bond motifs is 4. The summed E-state index contributed by atoms with van der Waals surface area (Å²) in [5.41, 5.74) is 5.60. The van der Waals surface area contributed by atoms with Crippen molar-refractivity contribution in [2.75, 3.05) is 0 Å². The van der Waals surface area contributed by atoms with Gasteiger partial charge in [0.1, 0.15) is 0 Å². The fourth-order valence-electron chi connectivity index (χ4n) is 5.81. The third-order valence-corrected chi connectivity index (χ3v) is 8.07. The smallest absolute Gasteiger partial charge is 0.503 e. The fourth-order valence-corrected chi connectivity index (χ4v) is 5.81. The number of hydrogen-bond donors (Lipinski definition) is 0. The van der Waals surface area contributed by atoms with Crippen molar-refractivity contribution in [2.45, 2.75) is 0 Å². The summed E-state index contributed by atoms with van der Waals surface area (Å²) in [5.74, 6) is 2.62. The van der Waals surface area contributed by atoms with E-state index in [1.54, 1.807) is 12.4 Å². The van der Waals surface area contributed by atoms with Gasteiger partial charge in [-0.15, -0.1) is 71.8 Å². The van der Waals surface area contributed by atoms with Crippen molar-refractivity contribution in [3.63, 3.8) is 0 Å². The Morgan fingerprint density at radius 3 is 1.55 bits per heavy atom. The van der Waals surface area contributed by atoms with Crippen molar-refractivity contribution in [1.29, 1.82) is 0 Å². The van der Waals surface area contributed by atoms with Crippen LogP contribution in [0.15, 0.2) is 140 Å². The molecule has 7 nitrogen and oxygen atoms in total. The number of rotatable bonds is 7. The van der Waals surface area contributed by atoms with Crippen LogP contribution in [-0.2, 0) is 40.8 Å². The monoisotopic (exact) mass is 841 g/mol. The summed E-state index contributed by atoms with van der Waals surface area (Å²) in [6.07, 6.45) is 5.35. The van der Waals surface area contributed by atoms with Gasteiger partial charge in [0.15, 0.2) is 0 Å². The predicted octanol–water partition coefficient (Wildman–Crippen LogP) is 9.63. The van der Waals surface area contributed by atoms with Gasteiger partial charge in [-0.25, -0.2) is 9.97 Å². The van der Waals surface area contributed by atoms with Gasteiger partial charge < -0.3 is 24.0 Å². The summed E-state index contributed by atoms with van der Waals surface area (Å²) >= 11 is 0. The summed E-state index contributed by atoms with van der Waals surface area (Å²) in [6.45, 7) is 0. The molecule has 9 heteroatoms. The van der Waals surface area contributed by atoms with Gasteiger partial charge in [-0.1, -0.05) is 65.6 Å². The average molecular weight is 843 g/mol. The molecule has 0 aliphatic carbocycles. The summed E-state index contributed by atoms with van der Waals surface area (Å²) < 4.78 is 14.6. The zero-order valence-electron chi connectivity index (χ0n) is 26.5. The quantitative estimate of drug-likeness (QED) is 0.118. The van der Waals surface area contributed by atoms with Gasteiger partial charge in [0.2, 0.25) is 5.95 Å². The average Bonchev–Trinajstić information content (AvgIpc) is 3.48. The first-order chi connectivity index (χ1) is 24.2. The zero-order chi connectivity index (χ0) is 32.6. The number of nitrogens with zero attached hydrogens (tertiary/aromatic N) is 5. The summed E-state index contributed by atoms with van der Waals surface area (Å²) in [7, 11) is 0. The number of ether oxygens (including phenoxy) is 2. The first-order valence-electron chi connectivity index (χ1n) is 15.6. The minimum absolute atomic E-state index is 0. The molecule has 0 aliphatic rings. The second-order valence-electron chi connectivity index (χ2n) is 11.2. The van der Waals surface area contributed by atoms with Crippen LogP contribution in [-0.4, -0.2) is 24.5 Å². The van der Waals surface area contributed by atoms with Gasteiger partial charge in [-0.05, 0) is 29.6 Å². The molecule has 9 rings (SSSR count). The molecule has 0 unspecified atom stereocenters. The summed E-state index contributed by atoms with van der Waals surface area (Å²) in [6, 6.07) is 52.4. The Morgan fingerprint density at radius 2 is 1.00 bits per heavy atom. The van der Waals surface area contributed by atoms with Gasteiger partial charge in [-0.2, -0.15) is 22.9 Å². The number of hydrogen-bond acceptors (Lipinski definition) is 6. The Hall–Kier alpha value is -5.54.